The molecule has 0 bridgehead atoms. The maximum atomic E-state index is 4.11. The van der Waals surface area contributed by atoms with Crippen molar-refractivity contribution in [2.24, 2.45) is 0 Å². The van der Waals surface area contributed by atoms with E-state index in [2.05, 4.69) is 26.9 Å². The molecule has 0 amide bonds. The minimum atomic E-state index is 0.795. The van der Waals surface area contributed by atoms with E-state index >= 15 is 0 Å². The van der Waals surface area contributed by atoms with Gasteiger partial charge < -0.3 is 0 Å². The average Bonchev–Trinajstić information content (AvgIpc) is 2.78. The zero-order valence-electron chi connectivity index (χ0n) is 12.5. The Kier molecular flexibility index (Phi) is 5.04. The molecular formula is C17H27N3. The Labute approximate surface area is 123 Å². The third-order valence-corrected chi connectivity index (χ3v) is 4.79. The van der Waals surface area contributed by atoms with Gasteiger partial charge in [-0.05, 0) is 63.0 Å². The molecule has 1 unspecified atom stereocenters. The number of nitrogens with zero attached hydrogens (tertiary/aromatic N) is 3. The van der Waals surface area contributed by atoms with E-state index in [1.165, 1.54) is 70.3 Å². The van der Waals surface area contributed by atoms with Gasteiger partial charge in [0.1, 0.15) is 0 Å². The normalized spacial score (nSPS) is 26.3. The summed E-state index contributed by atoms with van der Waals surface area (Å²) < 4.78 is 0. The quantitative estimate of drug-likeness (QED) is 0.844. The van der Waals surface area contributed by atoms with Gasteiger partial charge >= 0.3 is 0 Å². The Morgan fingerprint density at radius 3 is 2.45 bits per heavy atom. The predicted molar refractivity (Wildman–Crippen MR) is 82.6 cm³/mol. The molecule has 3 heteroatoms. The molecule has 0 saturated carbocycles. The van der Waals surface area contributed by atoms with Crippen LogP contribution in [0.2, 0.25) is 0 Å². The Balaban J connectivity index is 1.55. The summed E-state index contributed by atoms with van der Waals surface area (Å²) in [6.45, 7) is 6.25. The number of piperidine rings is 1. The number of hydrogen-bond donors (Lipinski definition) is 0. The van der Waals surface area contributed by atoms with Gasteiger partial charge in [0.05, 0.1) is 0 Å². The molecule has 2 aliphatic heterocycles. The maximum Gasteiger partial charge on any atom is 0.0271 e. The second-order valence-corrected chi connectivity index (χ2v) is 6.34. The molecule has 110 valence electrons. The van der Waals surface area contributed by atoms with Crippen LogP contribution in [0.1, 0.15) is 44.1 Å². The smallest absolute Gasteiger partial charge is 0.0271 e. The van der Waals surface area contributed by atoms with Crippen LogP contribution >= 0.6 is 0 Å². The van der Waals surface area contributed by atoms with Crippen LogP contribution in [-0.4, -0.2) is 47.0 Å². The molecule has 1 aromatic rings. The number of aromatic nitrogens is 1. The van der Waals surface area contributed by atoms with E-state index in [4.69, 9.17) is 0 Å². The first-order chi connectivity index (χ1) is 9.92. The van der Waals surface area contributed by atoms with Crippen molar-refractivity contribution in [2.75, 3.05) is 26.2 Å². The monoisotopic (exact) mass is 273 g/mol. The van der Waals surface area contributed by atoms with Gasteiger partial charge in [0.15, 0.2) is 0 Å². The molecular weight excluding hydrogens is 246 g/mol. The first-order valence-electron chi connectivity index (χ1n) is 8.27. The van der Waals surface area contributed by atoms with Crippen LogP contribution in [0, 0.1) is 0 Å². The Morgan fingerprint density at radius 1 is 0.950 bits per heavy atom. The van der Waals surface area contributed by atoms with Crippen LogP contribution in [0.25, 0.3) is 0 Å². The summed E-state index contributed by atoms with van der Waals surface area (Å²) in [7, 11) is 0. The fourth-order valence-electron chi connectivity index (χ4n) is 3.68. The highest BCUT2D eigenvalue weighted by Crippen LogP contribution is 2.21. The Bertz CT molecular complexity index is 384. The molecule has 3 rings (SSSR count). The van der Waals surface area contributed by atoms with Gasteiger partial charge in [-0.15, -0.1) is 0 Å². The first kappa shape index (κ1) is 14.0. The molecule has 0 N–H and O–H groups in total. The summed E-state index contributed by atoms with van der Waals surface area (Å²) in [5, 5.41) is 0. The molecule has 0 spiro atoms. The molecule has 2 saturated heterocycles. The molecule has 2 aliphatic rings. The number of rotatable bonds is 3. The van der Waals surface area contributed by atoms with Crippen LogP contribution in [0.5, 0.6) is 0 Å². The summed E-state index contributed by atoms with van der Waals surface area (Å²) in [6, 6.07) is 5.09. The van der Waals surface area contributed by atoms with Crippen LogP contribution in [0.4, 0.5) is 0 Å². The van der Waals surface area contributed by atoms with Crippen molar-refractivity contribution in [1.82, 2.24) is 14.8 Å². The minimum Gasteiger partial charge on any atom is -0.299 e. The van der Waals surface area contributed by atoms with Crippen molar-refractivity contribution < 1.29 is 0 Å². The second kappa shape index (κ2) is 7.19. The summed E-state index contributed by atoms with van der Waals surface area (Å²) in [5.41, 5.74) is 1.40. The number of pyridine rings is 1. The van der Waals surface area contributed by atoms with E-state index in [1.807, 2.05) is 12.4 Å². The predicted octanol–water partition coefficient (Wildman–Crippen LogP) is 2.92. The van der Waals surface area contributed by atoms with Gasteiger partial charge in [-0.25, -0.2) is 0 Å². The zero-order chi connectivity index (χ0) is 13.6. The molecule has 2 fully saturated rings. The van der Waals surface area contributed by atoms with Crippen molar-refractivity contribution in [1.29, 1.82) is 0 Å². The van der Waals surface area contributed by atoms with Gasteiger partial charge in [0, 0.05) is 31.5 Å². The van der Waals surface area contributed by atoms with Crippen molar-refractivity contribution >= 4 is 0 Å². The lowest BCUT2D eigenvalue weighted by molar-refractivity contribution is 0.0956. The molecule has 0 aliphatic carbocycles. The Hall–Kier alpha value is -0.930. The summed E-state index contributed by atoms with van der Waals surface area (Å²) in [4.78, 5) is 9.51. The molecule has 0 radical (unpaired) electrons. The van der Waals surface area contributed by atoms with Crippen LogP contribution < -0.4 is 0 Å². The maximum absolute atomic E-state index is 4.11. The SMILES string of the molecule is c1cc(CN2CCCC(N3CCCCCC3)C2)ccn1. The zero-order valence-corrected chi connectivity index (χ0v) is 12.5. The standard InChI is InChI=1S/C17H27N3/c1-2-4-13-20(12-3-1)17-6-5-11-19(15-17)14-16-7-9-18-10-8-16/h7-10,17H,1-6,11-15H2. The minimum absolute atomic E-state index is 0.795. The highest BCUT2D eigenvalue weighted by atomic mass is 15.2. The highest BCUT2D eigenvalue weighted by molar-refractivity contribution is 5.09. The van der Waals surface area contributed by atoms with Gasteiger partial charge in [-0.1, -0.05) is 12.8 Å². The van der Waals surface area contributed by atoms with E-state index in [0.717, 1.165) is 12.6 Å². The van der Waals surface area contributed by atoms with E-state index in [-0.39, 0.29) is 0 Å². The third-order valence-electron chi connectivity index (χ3n) is 4.79. The largest absolute Gasteiger partial charge is 0.299 e. The Morgan fingerprint density at radius 2 is 1.70 bits per heavy atom. The van der Waals surface area contributed by atoms with E-state index < -0.39 is 0 Å². The lowest BCUT2D eigenvalue weighted by Crippen LogP contribution is -2.47. The van der Waals surface area contributed by atoms with Crippen LogP contribution in [0.15, 0.2) is 24.5 Å². The lowest BCUT2D eigenvalue weighted by atomic mass is 10.0. The molecule has 3 nitrogen and oxygen atoms in total. The average molecular weight is 273 g/mol. The molecule has 1 aromatic heterocycles. The summed E-state index contributed by atoms with van der Waals surface area (Å²) in [5.74, 6) is 0. The van der Waals surface area contributed by atoms with Crippen molar-refractivity contribution in [2.45, 2.75) is 51.1 Å². The van der Waals surface area contributed by atoms with Gasteiger partial charge in [-0.2, -0.15) is 0 Å². The van der Waals surface area contributed by atoms with Gasteiger partial charge in [0.2, 0.25) is 0 Å². The van der Waals surface area contributed by atoms with Crippen molar-refractivity contribution in [3.8, 4) is 0 Å². The molecule has 0 aromatic carbocycles. The van der Waals surface area contributed by atoms with Crippen molar-refractivity contribution in [3.05, 3.63) is 30.1 Å². The van der Waals surface area contributed by atoms with E-state index in [1.54, 1.807) is 0 Å². The van der Waals surface area contributed by atoms with E-state index in [0.29, 0.717) is 0 Å². The number of hydrogen-bond acceptors (Lipinski definition) is 3. The fraction of sp³-hybridized carbons (Fsp3) is 0.706. The van der Waals surface area contributed by atoms with E-state index in [9.17, 15) is 0 Å². The van der Waals surface area contributed by atoms with Gasteiger partial charge in [0.25, 0.3) is 0 Å². The first-order valence-corrected chi connectivity index (χ1v) is 8.27. The van der Waals surface area contributed by atoms with Crippen LogP contribution in [-0.2, 0) is 6.54 Å². The molecule has 20 heavy (non-hydrogen) atoms. The number of likely N-dealkylation sites (tertiary alicyclic amines) is 2. The fourth-order valence-corrected chi connectivity index (χ4v) is 3.68. The summed E-state index contributed by atoms with van der Waals surface area (Å²) in [6.07, 6.45) is 12.2. The highest BCUT2D eigenvalue weighted by Gasteiger charge is 2.25. The third kappa shape index (κ3) is 3.80. The van der Waals surface area contributed by atoms with Crippen molar-refractivity contribution in [3.63, 3.8) is 0 Å². The second-order valence-electron chi connectivity index (χ2n) is 6.34. The molecule has 1 atom stereocenters. The molecule has 3 heterocycles. The van der Waals surface area contributed by atoms with Gasteiger partial charge in [-0.3, -0.25) is 14.8 Å². The summed E-state index contributed by atoms with van der Waals surface area (Å²) >= 11 is 0. The van der Waals surface area contributed by atoms with Crippen LogP contribution in [0.3, 0.4) is 0 Å². The lowest BCUT2D eigenvalue weighted by Gasteiger charge is -2.39. The topological polar surface area (TPSA) is 19.4 Å².